The summed E-state index contributed by atoms with van der Waals surface area (Å²) in [4.78, 5) is 12.0. The second kappa shape index (κ2) is 12.9. The van der Waals surface area contributed by atoms with Gasteiger partial charge in [0, 0.05) is 76.0 Å². The summed E-state index contributed by atoms with van der Waals surface area (Å²) in [6.45, 7) is 8.01. The van der Waals surface area contributed by atoms with Gasteiger partial charge >= 0.3 is 0 Å². The molecule has 1 aliphatic carbocycles. The SMILES string of the molecule is COCCn1ccc(Nc2ncc3c(n2)-c2c(nn(C)c2Cc2cccc(-c4cnn(CCN5CCO[C@@H](C)C5)c4)c2)CC3)n1. The van der Waals surface area contributed by atoms with Gasteiger partial charge in [0.05, 0.1) is 55.7 Å². The Labute approximate surface area is 263 Å². The van der Waals surface area contributed by atoms with Gasteiger partial charge in [0.15, 0.2) is 5.82 Å². The van der Waals surface area contributed by atoms with Crippen molar-refractivity contribution < 1.29 is 9.47 Å². The summed E-state index contributed by atoms with van der Waals surface area (Å²) in [6, 6.07) is 10.7. The Balaban J connectivity index is 1.09. The molecule has 1 fully saturated rings. The van der Waals surface area contributed by atoms with E-state index >= 15 is 0 Å². The predicted molar refractivity (Wildman–Crippen MR) is 171 cm³/mol. The predicted octanol–water partition coefficient (Wildman–Crippen LogP) is 3.74. The van der Waals surface area contributed by atoms with Crippen molar-refractivity contribution in [3.8, 4) is 22.4 Å². The van der Waals surface area contributed by atoms with E-state index in [0.717, 1.165) is 91.4 Å². The minimum atomic E-state index is 0.293. The molecule has 12 heteroatoms. The number of morpholine rings is 1. The highest BCUT2D eigenvalue weighted by Gasteiger charge is 2.26. The van der Waals surface area contributed by atoms with Crippen molar-refractivity contribution in [2.75, 3.05) is 45.3 Å². The van der Waals surface area contributed by atoms with E-state index in [2.05, 4.69) is 62.8 Å². The van der Waals surface area contributed by atoms with E-state index in [-0.39, 0.29) is 0 Å². The van der Waals surface area contributed by atoms with Gasteiger partial charge in [-0.3, -0.25) is 18.9 Å². The van der Waals surface area contributed by atoms with E-state index < -0.39 is 0 Å². The first-order valence-electron chi connectivity index (χ1n) is 15.7. The summed E-state index contributed by atoms with van der Waals surface area (Å²) in [5.74, 6) is 1.22. The average Bonchev–Trinajstić information content (AvgIpc) is 3.78. The zero-order chi connectivity index (χ0) is 30.8. The minimum Gasteiger partial charge on any atom is -0.383 e. The lowest BCUT2D eigenvalue weighted by Gasteiger charge is -2.30. The molecular weight excluding hydrogens is 568 g/mol. The summed E-state index contributed by atoms with van der Waals surface area (Å²) in [6.07, 6.45) is 10.7. The molecule has 5 heterocycles. The Morgan fingerprint density at radius 1 is 1.04 bits per heavy atom. The number of fused-ring (bicyclic) bond motifs is 3. The van der Waals surface area contributed by atoms with Gasteiger partial charge in [0.1, 0.15) is 0 Å². The number of nitrogens with zero attached hydrogens (tertiary/aromatic N) is 9. The smallest absolute Gasteiger partial charge is 0.228 e. The van der Waals surface area contributed by atoms with Crippen LogP contribution in [0.25, 0.3) is 22.4 Å². The summed E-state index contributed by atoms with van der Waals surface area (Å²) < 4.78 is 16.7. The van der Waals surface area contributed by atoms with Gasteiger partial charge < -0.3 is 14.8 Å². The number of aryl methyl sites for hydroxylation is 3. The molecule has 0 saturated carbocycles. The van der Waals surface area contributed by atoms with Crippen LogP contribution in [0.4, 0.5) is 11.8 Å². The van der Waals surface area contributed by atoms with Gasteiger partial charge in [-0.15, -0.1) is 0 Å². The van der Waals surface area contributed by atoms with E-state index in [0.29, 0.717) is 31.0 Å². The lowest BCUT2D eigenvalue weighted by molar-refractivity contribution is -0.0193. The highest BCUT2D eigenvalue weighted by atomic mass is 16.5. The number of ether oxygens (including phenoxy) is 2. The summed E-state index contributed by atoms with van der Waals surface area (Å²) in [5.41, 5.74) is 8.93. The molecule has 0 unspecified atom stereocenters. The monoisotopic (exact) mass is 608 g/mol. The zero-order valence-electron chi connectivity index (χ0n) is 26.2. The molecule has 234 valence electrons. The molecule has 0 radical (unpaired) electrons. The number of methoxy groups -OCH3 is 1. The van der Waals surface area contributed by atoms with Crippen LogP contribution in [0.3, 0.4) is 0 Å². The second-order valence-corrected chi connectivity index (χ2v) is 11.9. The van der Waals surface area contributed by atoms with Crippen LogP contribution >= 0.6 is 0 Å². The quantitative estimate of drug-likeness (QED) is 0.240. The molecule has 2 aliphatic rings. The Morgan fingerprint density at radius 2 is 1.98 bits per heavy atom. The summed E-state index contributed by atoms with van der Waals surface area (Å²) in [7, 11) is 3.72. The molecule has 0 bridgehead atoms. The third kappa shape index (κ3) is 6.53. The van der Waals surface area contributed by atoms with Gasteiger partial charge in [0.25, 0.3) is 0 Å². The molecule has 7 rings (SSSR count). The highest BCUT2D eigenvalue weighted by Crippen LogP contribution is 2.36. The van der Waals surface area contributed by atoms with Crippen molar-refractivity contribution in [2.45, 2.75) is 45.4 Å². The van der Waals surface area contributed by atoms with Crippen molar-refractivity contribution in [1.82, 2.24) is 44.2 Å². The maximum absolute atomic E-state index is 5.68. The van der Waals surface area contributed by atoms with Crippen molar-refractivity contribution in [2.24, 2.45) is 7.05 Å². The lowest BCUT2D eigenvalue weighted by atomic mass is 9.91. The maximum Gasteiger partial charge on any atom is 0.228 e. The van der Waals surface area contributed by atoms with E-state index in [1.165, 1.54) is 5.56 Å². The largest absolute Gasteiger partial charge is 0.383 e. The van der Waals surface area contributed by atoms with Crippen LogP contribution in [-0.2, 0) is 48.9 Å². The number of hydrogen-bond acceptors (Lipinski definition) is 9. The van der Waals surface area contributed by atoms with Crippen molar-refractivity contribution >= 4 is 11.8 Å². The third-order valence-electron chi connectivity index (χ3n) is 8.61. The molecule has 0 spiro atoms. The molecular formula is C33H40N10O2. The Kier molecular flexibility index (Phi) is 8.42. The molecule has 45 heavy (non-hydrogen) atoms. The fourth-order valence-electron chi connectivity index (χ4n) is 6.27. The van der Waals surface area contributed by atoms with Crippen LogP contribution in [-0.4, -0.2) is 90.3 Å². The number of rotatable bonds is 11. The molecule has 1 atom stereocenters. The highest BCUT2D eigenvalue weighted by molar-refractivity contribution is 5.72. The third-order valence-corrected chi connectivity index (χ3v) is 8.61. The number of anilines is 2. The normalized spacial score (nSPS) is 16.5. The molecule has 5 aromatic rings. The van der Waals surface area contributed by atoms with Gasteiger partial charge in [-0.05, 0) is 36.5 Å². The van der Waals surface area contributed by atoms with Gasteiger partial charge in [-0.25, -0.2) is 9.97 Å². The maximum atomic E-state index is 5.68. The van der Waals surface area contributed by atoms with E-state index in [9.17, 15) is 0 Å². The molecule has 1 aliphatic heterocycles. The van der Waals surface area contributed by atoms with Gasteiger partial charge in [-0.1, -0.05) is 24.3 Å². The lowest BCUT2D eigenvalue weighted by Crippen LogP contribution is -2.42. The number of hydrogen-bond donors (Lipinski definition) is 1. The summed E-state index contributed by atoms with van der Waals surface area (Å²) >= 11 is 0. The van der Waals surface area contributed by atoms with E-state index in [1.54, 1.807) is 7.11 Å². The van der Waals surface area contributed by atoms with Crippen LogP contribution in [0, 0.1) is 0 Å². The number of nitrogens with one attached hydrogen (secondary N) is 1. The van der Waals surface area contributed by atoms with E-state index in [4.69, 9.17) is 19.6 Å². The standard InChI is InChI=1S/C33H40N10O2/c1-23-21-41(13-16-45-23)11-12-43-22-27(20-35-43)25-6-4-5-24(17-25)18-29-31-28(38-40(29)2)8-7-26-19-34-33(37-32(26)31)36-30-9-10-42(39-30)14-15-44-3/h4-6,9-10,17,19-20,22-23H,7-8,11-16,18,21H2,1-3H3,(H,34,36,37,39)/t23-/m0/s1. The minimum absolute atomic E-state index is 0.293. The molecule has 1 N–H and O–H groups in total. The Hall–Kier alpha value is -4.39. The van der Waals surface area contributed by atoms with Crippen LogP contribution in [0.15, 0.2) is 55.1 Å². The topological polar surface area (TPSA) is 113 Å². The Bertz CT molecular complexity index is 1770. The van der Waals surface area contributed by atoms with Gasteiger partial charge in [0.2, 0.25) is 5.95 Å². The molecule has 1 aromatic carbocycles. The average molecular weight is 609 g/mol. The summed E-state index contributed by atoms with van der Waals surface area (Å²) in [5, 5.41) is 17.4. The van der Waals surface area contributed by atoms with Crippen LogP contribution in [0.1, 0.15) is 29.4 Å². The van der Waals surface area contributed by atoms with Crippen LogP contribution < -0.4 is 5.32 Å². The molecule has 4 aromatic heterocycles. The van der Waals surface area contributed by atoms with E-state index in [1.807, 2.05) is 45.7 Å². The molecule has 12 nitrogen and oxygen atoms in total. The fraction of sp³-hybridized carbons (Fsp3) is 0.424. The number of aromatic nitrogens is 8. The first-order valence-corrected chi connectivity index (χ1v) is 15.7. The molecule has 0 amide bonds. The van der Waals surface area contributed by atoms with Crippen molar-refractivity contribution in [3.63, 3.8) is 0 Å². The van der Waals surface area contributed by atoms with Crippen molar-refractivity contribution in [1.29, 1.82) is 0 Å². The number of benzene rings is 1. The first kappa shape index (κ1) is 29.3. The van der Waals surface area contributed by atoms with Crippen molar-refractivity contribution in [3.05, 3.63) is 77.6 Å². The van der Waals surface area contributed by atoms with Crippen LogP contribution in [0.5, 0.6) is 0 Å². The molecule has 1 saturated heterocycles. The zero-order valence-corrected chi connectivity index (χ0v) is 26.2. The first-order chi connectivity index (χ1) is 22.0. The second-order valence-electron chi connectivity index (χ2n) is 11.9. The van der Waals surface area contributed by atoms with Crippen LogP contribution in [0.2, 0.25) is 0 Å². The Morgan fingerprint density at radius 3 is 2.87 bits per heavy atom. The fourth-order valence-corrected chi connectivity index (χ4v) is 6.27. The van der Waals surface area contributed by atoms with Gasteiger partial charge in [-0.2, -0.15) is 15.3 Å².